The third-order valence-corrected chi connectivity index (χ3v) is 3.55. The number of nitrogen functional groups attached to an aromatic ring is 1. The molecule has 3 N–H and O–H groups in total. The number of nitrogens with zero attached hydrogens (tertiary/aromatic N) is 2. The fourth-order valence-corrected chi connectivity index (χ4v) is 2.51. The maximum atomic E-state index is 5.40. The van der Waals surface area contributed by atoms with Crippen LogP contribution in [0.15, 0.2) is 18.3 Å². The summed E-state index contributed by atoms with van der Waals surface area (Å²) in [5, 5.41) is 0. The first-order valence-electron chi connectivity index (χ1n) is 6.45. The number of hydrazine groups is 1. The number of pyridine rings is 1. The van der Waals surface area contributed by atoms with E-state index in [2.05, 4.69) is 22.2 Å². The van der Waals surface area contributed by atoms with Crippen LogP contribution in [-0.2, 0) is 6.54 Å². The Morgan fingerprint density at radius 1 is 1.59 bits per heavy atom. The molecule has 0 aromatic carbocycles. The van der Waals surface area contributed by atoms with Crippen LogP contribution in [0.2, 0.25) is 0 Å². The number of rotatable bonds is 4. The van der Waals surface area contributed by atoms with Gasteiger partial charge in [0.05, 0.1) is 11.4 Å². The van der Waals surface area contributed by atoms with Crippen molar-refractivity contribution in [3.8, 4) is 0 Å². The molecule has 0 radical (unpaired) electrons. The van der Waals surface area contributed by atoms with E-state index in [0.717, 1.165) is 23.8 Å². The van der Waals surface area contributed by atoms with Gasteiger partial charge in [0.2, 0.25) is 0 Å². The zero-order valence-electron chi connectivity index (χ0n) is 10.5. The van der Waals surface area contributed by atoms with E-state index in [1.54, 1.807) is 0 Å². The molecule has 2 heterocycles. The number of nitrogens with one attached hydrogen (secondary N) is 1. The Bertz CT molecular complexity index is 353. The van der Waals surface area contributed by atoms with Gasteiger partial charge in [-0.1, -0.05) is 13.3 Å². The lowest BCUT2D eigenvalue weighted by Crippen LogP contribution is -2.34. The van der Waals surface area contributed by atoms with Crippen LogP contribution >= 0.6 is 0 Å². The molecule has 0 aliphatic carbocycles. The molecule has 1 aromatic heterocycles. The molecule has 1 aliphatic rings. The highest BCUT2D eigenvalue weighted by atomic mass is 15.2. The van der Waals surface area contributed by atoms with Gasteiger partial charge in [0.25, 0.3) is 0 Å². The average Bonchev–Trinajstić information content (AvgIpc) is 2.39. The quantitative estimate of drug-likeness (QED) is 0.618. The minimum Gasteiger partial charge on any atom is -0.324 e. The molecule has 0 bridgehead atoms. The second-order valence-electron chi connectivity index (χ2n) is 4.83. The first kappa shape index (κ1) is 12.3. The smallest absolute Gasteiger partial charge is 0.0564 e. The van der Waals surface area contributed by atoms with Gasteiger partial charge in [0.1, 0.15) is 0 Å². The normalized spacial score (nSPS) is 21.4. The molecule has 1 atom stereocenters. The number of aromatic nitrogens is 1. The minimum atomic E-state index is 0.861. The maximum Gasteiger partial charge on any atom is 0.0564 e. The van der Waals surface area contributed by atoms with E-state index in [0.29, 0.717) is 0 Å². The summed E-state index contributed by atoms with van der Waals surface area (Å²) >= 11 is 0. The Morgan fingerprint density at radius 2 is 2.47 bits per heavy atom. The monoisotopic (exact) mass is 234 g/mol. The molecular formula is C13H22N4. The summed E-state index contributed by atoms with van der Waals surface area (Å²) in [6.45, 7) is 5.62. The highest BCUT2D eigenvalue weighted by Gasteiger charge is 2.18. The van der Waals surface area contributed by atoms with Gasteiger partial charge in [-0.25, -0.2) is 0 Å². The Balaban J connectivity index is 1.95. The van der Waals surface area contributed by atoms with Crippen molar-refractivity contribution in [2.24, 2.45) is 11.8 Å². The van der Waals surface area contributed by atoms with Crippen LogP contribution < -0.4 is 11.3 Å². The molecule has 94 valence electrons. The zero-order valence-corrected chi connectivity index (χ0v) is 10.5. The number of nitrogens with two attached hydrogens (primary N) is 1. The van der Waals surface area contributed by atoms with Gasteiger partial charge in [-0.05, 0) is 37.4 Å². The Morgan fingerprint density at radius 3 is 3.24 bits per heavy atom. The zero-order chi connectivity index (χ0) is 12.1. The van der Waals surface area contributed by atoms with E-state index in [4.69, 9.17) is 5.84 Å². The summed E-state index contributed by atoms with van der Waals surface area (Å²) in [4.78, 5) is 6.90. The number of piperidine rings is 1. The summed E-state index contributed by atoms with van der Waals surface area (Å²) in [5.41, 5.74) is 4.69. The molecule has 1 aliphatic heterocycles. The fourth-order valence-electron chi connectivity index (χ4n) is 2.51. The van der Waals surface area contributed by atoms with Crippen LogP contribution in [0.4, 0.5) is 5.69 Å². The third-order valence-electron chi connectivity index (χ3n) is 3.55. The average molecular weight is 234 g/mol. The molecule has 0 spiro atoms. The predicted molar refractivity (Wildman–Crippen MR) is 70.3 cm³/mol. The van der Waals surface area contributed by atoms with E-state index in [9.17, 15) is 0 Å². The number of anilines is 1. The Labute approximate surface area is 103 Å². The van der Waals surface area contributed by atoms with Crippen molar-refractivity contribution in [1.29, 1.82) is 0 Å². The lowest BCUT2D eigenvalue weighted by Gasteiger charge is -2.31. The first-order chi connectivity index (χ1) is 8.31. The summed E-state index contributed by atoms with van der Waals surface area (Å²) in [6.07, 6.45) is 5.79. The van der Waals surface area contributed by atoms with Crippen molar-refractivity contribution in [2.75, 3.05) is 18.5 Å². The molecule has 1 unspecified atom stereocenters. The molecule has 4 heteroatoms. The largest absolute Gasteiger partial charge is 0.324 e. The summed E-state index contributed by atoms with van der Waals surface area (Å²) < 4.78 is 0. The van der Waals surface area contributed by atoms with Gasteiger partial charge in [-0.15, -0.1) is 0 Å². The summed E-state index contributed by atoms with van der Waals surface area (Å²) in [5.74, 6) is 6.26. The number of hydrogen-bond donors (Lipinski definition) is 2. The molecule has 4 nitrogen and oxygen atoms in total. The lowest BCUT2D eigenvalue weighted by molar-refractivity contribution is 0.163. The maximum absolute atomic E-state index is 5.40. The van der Waals surface area contributed by atoms with E-state index >= 15 is 0 Å². The Hall–Kier alpha value is -1.13. The topological polar surface area (TPSA) is 54.2 Å². The van der Waals surface area contributed by atoms with Crippen LogP contribution in [0, 0.1) is 5.92 Å². The molecule has 2 rings (SSSR count). The third kappa shape index (κ3) is 3.41. The highest BCUT2D eigenvalue weighted by Crippen LogP contribution is 2.20. The predicted octanol–water partition coefficient (Wildman–Crippen LogP) is 1.99. The minimum absolute atomic E-state index is 0.861. The van der Waals surface area contributed by atoms with Gasteiger partial charge >= 0.3 is 0 Å². The van der Waals surface area contributed by atoms with E-state index < -0.39 is 0 Å². The van der Waals surface area contributed by atoms with Crippen molar-refractivity contribution < 1.29 is 0 Å². The molecule has 1 aromatic rings. The van der Waals surface area contributed by atoms with Gasteiger partial charge < -0.3 is 5.43 Å². The van der Waals surface area contributed by atoms with Gasteiger partial charge in [0, 0.05) is 19.3 Å². The van der Waals surface area contributed by atoms with Crippen molar-refractivity contribution in [1.82, 2.24) is 9.88 Å². The Kier molecular flexibility index (Phi) is 4.34. The molecule has 1 fully saturated rings. The van der Waals surface area contributed by atoms with Gasteiger partial charge in [-0.2, -0.15) is 0 Å². The van der Waals surface area contributed by atoms with Crippen molar-refractivity contribution in [3.05, 3.63) is 24.0 Å². The van der Waals surface area contributed by atoms with Crippen LogP contribution in [-0.4, -0.2) is 23.0 Å². The van der Waals surface area contributed by atoms with Crippen LogP contribution in [0.3, 0.4) is 0 Å². The highest BCUT2D eigenvalue weighted by molar-refractivity contribution is 5.41. The molecule has 17 heavy (non-hydrogen) atoms. The van der Waals surface area contributed by atoms with Crippen LogP contribution in [0.1, 0.15) is 31.9 Å². The fraction of sp³-hybridized carbons (Fsp3) is 0.615. The lowest BCUT2D eigenvalue weighted by atomic mass is 9.95. The molecule has 0 saturated carbocycles. The SMILES string of the molecule is CCC1CCCN(Cc2cc(NN)ccn2)C1. The first-order valence-corrected chi connectivity index (χ1v) is 6.45. The van der Waals surface area contributed by atoms with Gasteiger partial charge in [-0.3, -0.25) is 15.7 Å². The van der Waals surface area contributed by atoms with Crippen LogP contribution in [0.5, 0.6) is 0 Å². The number of likely N-dealkylation sites (tertiary alicyclic amines) is 1. The summed E-state index contributed by atoms with van der Waals surface area (Å²) in [7, 11) is 0. The van der Waals surface area contributed by atoms with Crippen molar-refractivity contribution in [2.45, 2.75) is 32.7 Å². The molecule has 1 saturated heterocycles. The van der Waals surface area contributed by atoms with Crippen molar-refractivity contribution >= 4 is 5.69 Å². The second-order valence-corrected chi connectivity index (χ2v) is 4.83. The second kappa shape index (κ2) is 5.98. The summed E-state index contributed by atoms with van der Waals surface area (Å²) in [6, 6.07) is 3.91. The van der Waals surface area contributed by atoms with E-state index in [1.165, 1.54) is 32.4 Å². The van der Waals surface area contributed by atoms with Gasteiger partial charge in [0.15, 0.2) is 0 Å². The van der Waals surface area contributed by atoms with Crippen molar-refractivity contribution in [3.63, 3.8) is 0 Å². The molecule has 0 amide bonds. The van der Waals surface area contributed by atoms with E-state index in [1.807, 2.05) is 18.3 Å². The van der Waals surface area contributed by atoms with E-state index in [-0.39, 0.29) is 0 Å². The standard InChI is InChI=1S/C13H22N4/c1-2-11-4-3-7-17(9-11)10-13-8-12(16-14)5-6-15-13/h5-6,8,11H,2-4,7,9-10,14H2,1H3,(H,15,16). The van der Waals surface area contributed by atoms with Crippen LogP contribution in [0.25, 0.3) is 0 Å². The number of hydrogen-bond acceptors (Lipinski definition) is 4. The molecular weight excluding hydrogens is 212 g/mol.